The lowest BCUT2D eigenvalue weighted by Crippen LogP contribution is -2.32. The van der Waals surface area contributed by atoms with Gasteiger partial charge in [0.15, 0.2) is 11.6 Å². The standard InChI is InChI=1S/C16H20F2INO2S/c1-9(20-23(21)15(2,3)4)10-6-12(17)13(18)11-7-16(5,8-19)22-14(10)11/h6H,7-8H2,1-5H3/b20-9+. The number of halogens is 3. The number of hydrogen-bond acceptors (Lipinski definition) is 2. The van der Waals surface area contributed by atoms with Gasteiger partial charge in [-0.05, 0) is 40.7 Å². The third-order valence-electron chi connectivity index (χ3n) is 3.58. The van der Waals surface area contributed by atoms with Crippen LogP contribution in [-0.2, 0) is 17.4 Å². The molecule has 0 saturated heterocycles. The molecule has 0 N–H and O–H groups in total. The first-order chi connectivity index (χ1) is 10.5. The van der Waals surface area contributed by atoms with Crippen LogP contribution in [0, 0.1) is 11.6 Å². The molecular weight excluding hydrogens is 435 g/mol. The lowest BCUT2D eigenvalue weighted by molar-refractivity contribution is 0.147. The van der Waals surface area contributed by atoms with E-state index in [9.17, 15) is 13.0 Å². The predicted molar refractivity (Wildman–Crippen MR) is 98.1 cm³/mol. The molecule has 2 atom stereocenters. The van der Waals surface area contributed by atoms with Gasteiger partial charge in [-0.3, -0.25) is 0 Å². The smallest absolute Gasteiger partial charge is 0.165 e. The quantitative estimate of drug-likeness (QED) is 0.386. The highest BCUT2D eigenvalue weighted by Crippen LogP contribution is 2.41. The van der Waals surface area contributed by atoms with Crippen molar-refractivity contribution in [3.05, 3.63) is 28.8 Å². The largest absolute Gasteiger partial charge is 0.485 e. The summed E-state index contributed by atoms with van der Waals surface area (Å²) in [6.07, 6.45) is 0.303. The monoisotopic (exact) mass is 455 g/mol. The van der Waals surface area contributed by atoms with Crippen LogP contribution in [0.4, 0.5) is 8.78 Å². The summed E-state index contributed by atoms with van der Waals surface area (Å²) < 4.78 is 50.5. The molecular formula is C16H20F2INO2S. The Morgan fingerprint density at radius 2 is 2.09 bits per heavy atom. The van der Waals surface area contributed by atoms with E-state index in [2.05, 4.69) is 27.0 Å². The first-order valence-corrected chi connectivity index (χ1v) is 9.85. The van der Waals surface area contributed by atoms with Crippen molar-refractivity contribution in [1.29, 1.82) is 0 Å². The summed E-state index contributed by atoms with van der Waals surface area (Å²) in [6, 6.07) is 1.08. The van der Waals surface area contributed by atoms with Crippen molar-refractivity contribution in [2.45, 2.75) is 51.4 Å². The molecule has 0 radical (unpaired) electrons. The second-order valence-electron chi connectivity index (χ2n) is 6.93. The van der Waals surface area contributed by atoms with E-state index < -0.39 is 33.0 Å². The Bertz CT molecular complexity index is 700. The Hall–Kier alpha value is -0.570. The molecule has 0 fully saturated rings. The Balaban J connectivity index is 2.55. The van der Waals surface area contributed by atoms with Crippen LogP contribution in [0.25, 0.3) is 0 Å². The van der Waals surface area contributed by atoms with E-state index in [1.807, 2.05) is 6.92 Å². The first kappa shape index (κ1) is 18.8. The fourth-order valence-corrected chi connectivity index (χ4v) is 3.29. The average Bonchev–Trinajstić information content (AvgIpc) is 2.80. The summed E-state index contributed by atoms with van der Waals surface area (Å²) in [4.78, 5) is 0. The average molecular weight is 455 g/mol. The number of alkyl halides is 1. The summed E-state index contributed by atoms with van der Waals surface area (Å²) in [7, 11) is -1.48. The van der Waals surface area contributed by atoms with Gasteiger partial charge in [-0.15, -0.1) is 0 Å². The highest BCUT2D eigenvalue weighted by atomic mass is 127. The van der Waals surface area contributed by atoms with E-state index in [1.165, 1.54) is 0 Å². The number of nitrogens with zero attached hydrogens (tertiary/aromatic N) is 1. The molecule has 3 nitrogen and oxygen atoms in total. The van der Waals surface area contributed by atoms with Gasteiger partial charge in [0.05, 0.1) is 10.5 Å². The van der Waals surface area contributed by atoms with Crippen molar-refractivity contribution in [2.24, 2.45) is 4.40 Å². The van der Waals surface area contributed by atoms with Crippen molar-refractivity contribution in [1.82, 2.24) is 0 Å². The molecule has 0 spiro atoms. The molecule has 0 aromatic heterocycles. The number of hydrogen-bond donors (Lipinski definition) is 0. The van der Waals surface area contributed by atoms with Crippen molar-refractivity contribution in [3.63, 3.8) is 0 Å². The van der Waals surface area contributed by atoms with Crippen molar-refractivity contribution in [3.8, 4) is 5.75 Å². The molecule has 2 unspecified atom stereocenters. The minimum absolute atomic E-state index is 0.232. The fourth-order valence-electron chi connectivity index (χ4n) is 2.25. The number of ether oxygens (including phenoxy) is 1. The van der Waals surface area contributed by atoms with Gasteiger partial charge in [0.25, 0.3) is 0 Å². The second-order valence-corrected chi connectivity index (χ2v) is 9.60. The van der Waals surface area contributed by atoms with Crippen LogP contribution in [0.3, 0.4) is 0 Å². The van der Waals surface area contributed by atoms with Crippen LogP contribution < -0.4 is 4.74 Å². The summed E-state index contributed by atoms with van der Waals surface area (Å²) in [5.41, 5.74) is 0.405. The van der Waals surface area contributed by atoms with Crippen LogP contribution in [0.2, 0.25) is 0 Å². The first-order valence-electron chi connectivity index (χ1n) is 7.22. The highest BCUT2D eigenvalue weighted by molar-refractivity contribution is 14.1. The molecule has 128 valence electrons. The maximum Gasteiger partial charge on any atom is 0.165 e. The maximum atomic E-state index is 14.1. The van der Waals surface area contributed by atoms with Gasteiger partial charge >= 0.3 is 0 Å². The van der Waals surface area contributed by atoms with Gasteiger partial charge in [-0.2, -0.15) is 4.40 Å². The highest BCUT2D eigenvalue weighted by Gasteiger charge is 2.39. The van der Waals surface area contributed by atoms with Crippen LogP contribution in [0.5, 0.6) is 5.75 Å². The lowest BCUT2D eigenvalue weighted by atomic mass is 9.98. The zero-order valence-electron chi connectivity index (χ0n) is 13.8. The van der Waals surface area contributed by atoms with Crippen LogP contribution in [0.1, 0.15) is 45.7 Å². The van der Waals surface area contributed by atoms with Gasteiger partial charge in [0.1, 0.15) is 22.3 Å². The molecule has 0 saturated carbocycles. The van der Waals surface area contributed by atoms with Crippen molar-refractivity contribution < 1.29 is 17.7 Å². The normalized spacial score (nSPS) is 22.7. The molecule has 2 rings (SSSR count). The Labute approximate surface area is 151 Å². The summed E-state index contributed by atoms with van der Waals surface area (Å²) in [5, 5.41) is 0. The van der Waals surface area contributed by atoms with E-state index >= 15 is 0 Å². The van der Waals surface area contributed by atoms with E-state index in [0.717, 1.165) is 6.07 Å². The minimum atomic E-state index is -1.48. The SMILES string of the molecule is C/C(=N\S(=O)C(C)(C)C)c1cc(F)c(F)c2c1OC(C)(CI)C2. The third kappa shape index (κ3) is 3.75. The topological polar surface area (TPSA) is 38.7 Å². The Morgan fingerprint density at radius 3 is 2.61 bits per heavy atom. The fraction of sp³-hybridized carbons (Fsp3) is 0.562. The molecule has 23 heavy (non-hydrogen) atoms. The van der Waals surface area contributed by atoms with Crippen molar-refractivity contribution >= 4 is 39.3 Å². The van der Waals surface area contributed by atoms with Crippen molar-refractivity contribution in [2.75, 3.05) is 4.43 Å². The predicted octanol–water partition coefficient (Wildman–Crippen LogP) is 4.36. The van der Waals surface area contributed by atoms with Crippen LogP contribution in [0.15, 0.2) is 10.5 Å². The minimum Gasteiger partial charge on any atom is -0.485 e. The van der Waals surface area contributed by atoms with Gasteiger partial charge in [0.2, 0.25) is 0 Å². The number of fused-ring (bicyclic) bond motifs is 1. The Kier molecular flexibility index (Phi) is 5.21. The molecule has 1 aliphatic rings. The summed E-state index contributed by atoms with van der Waals surface area (Å²) in [5.74, 6) is -1.49. The summed E-state index contributed by atoms with van der Waals surface area (Å²) >= 11 is 2.16. The number of rotatable bonds is 3. The van der Waals surface area contributed by atoms with E-state index in [-0.39, 0.29) is 5.56 Å². The zero-order valence-corrected chi connectivity index (χ0v) is 16.8. The third-order valence-corrected chi connectivity index (χ3v) is 6.68. The van der Waals surface area contributed by atoms with Gasteiger partial charge in [0, 0.05) is 22.0 Å². The molecule has 7 heteroatoms. The van der Waals surface area contributed by atoms with Gasteiger partial charge in [-0.25, -0.2) is 13.0 Å². The molecule has 1 aromatic carbocycles. The van der Waals surface area contributed by atoms with E-state index in [4.69, 9.17) is 4.74 Å². The second kappa shape index (κ2) is 6.38. The molecule has 1 aromatic rings. The zero-order chi connectivity index (χ0) is 17.6. The van der Waals surface area contributed by atoms with E-state index in [1.54, 1.807) is 27.7 Å². The van der Waals surface area contributed by atoms with Gasteiger partial charge < -0.3 is 4.74 Å². The van der Waals surface area contributed by atoms with Crippen LogP contribution >= 0.6 is 22.6 Å². The molecule has 0 amide bonds. The molecule has 1 aliphatic heterocycles. The molecule has 1 heterocycles. The molecule has 0 bridgehead atoms. The van der Waals surface area contributed by atoms with E-state index in [0.29, 0.717) is 27.9 Å². The maximum absolute atomic E-state index is 14.1. The molecule has 0 aliphatic carbocycles. The lowest BCUT2D eigenvalue weighted by Gasteiger charge is -2.21. The Morgan fingerprint density at radius 1 is 1.48 bits per heavy atom. The van der Waals surface area contributed by atoms with Gasteiger partial charge in [-0.1, -0.05) is 22.6 Å². The number of benzene rings is 1. The van der Waals surface area contributed by atoms with Crippen LogP contribution in [-0.4, -0.2) is 24.7 Å². The summed E-state index contributed by atoms with van der Waals surface area (Å²) in [6.45, 7) is 8.91.